The fourth-order valence-electron chi connectivity index (χ4n) is 4.38. The maximum absolute atomic E-state index is 12.9. The van der Waals surface area contributed by atoms with Crippen LogP contribution in [0.25, 0.3) is 11.3 Å². The number of ether oxygens (including phenoxy) is 3. The van der Waals surface area contributed by atoms with Crippen molar-refractivity contribution in [1.82, 2.24) is 20.4 Å². The number of H-pyrrole nitrogens is 2. The summed E-state index contributed by atoms with van der Waals surface area (Å²) in [4.78, 5) is 14.7. The summed E-state index contributed by atoms with van der Waals surface area (Å²) in [6, 6.07) is 12.3. The normalized spacial score (nSPS) is 14.5. The molecule has 11 heteroatoms. The highest BCUT2D eigenvalue weighted by molar-refractivity contribution is 5.63. The second-order valence-corrected chi connectivity index (χ2v) is 9.32. The first-order chi connectivity index (χ1) is 18.9. The zero-order valence-corrected chi connectivity index (χ0v) is 21.8. The number of aromatic nitrogens is 2. The lowest BCUT2D eigenvalue weighted by atomic mass is 10.0. The van der Waals surface area contributed by atoms with E-state index in [9.17, 15) is 18.0 Å². The van der Waals surface area contributed by atoms with Gasteiger partial charge in [0.2, 0.25) is 0 Å². The Hall–Kier alpha value is -3.12. The van der Waals surface area contributed by atoms with Crippen molar-refractivity contribution in [2.24, 2.45) is 0 Å². The number of halogens is 3. The summed E-state index contributed by atoms with van der Waals surface area (Å²) >= 11 is 0. The molecular weight excluding hydrogens is 513 g/mol. The largest absolute Gasteiger partial charge is 0.491 e. The number of alkyl halides is 3. The molecule has 1 aliphatic heterocycles. The third-order valence-electron chi connectivity index (χ3n) is 6.59. The lowest BCUT2D eigenvalue weighted by Crippen LogP contribution is -2.44. The van der Waals surface area contributed by atoms with Crippen LogP contribution in [0.2, 0.25) is 0 Å². The fraction of sp³-hybridized carbons (Fsp3) is 0.464. The van der Waals surface area contributed by atoms with E-state index in [4.69, 9.17) is 14.2 Å². The fourth-order valence-corrected chi connectivity index (χ4v) is 4.38. The SMILES string of the molecule is O=c1[nH][nH]c(-c2ccc(C(F)(F)F)cc2)c1CCc1ccc(OCCOCCOCCN2CCNCC2)cc1. The Morgan fingerprint density at radius 2 is 1.46 bits per heavy atom. The molecule has 0 radical (unpaired) electrons. The van der Waals surface area contributed by atoms with E-state index in [1.165, 1.54) is 12.1 Å². The number of hydrogen-bond acceptors (Lipinski definition) is 6. The highest BCUT2D eigenvalue weighted by atomic mass is 19.4. The summed E-state index contributed by atoms with van der Waals surface area (Å²) in [7, 11) is 0. The molecule has 212 valence electrons. The molecule has 4 rings (SSSR count). The van der Waals surface area contributed by atoms with Gasteiger partial charge in [0.1, 0.15) is 12.4 Å². The Kier molecular flexibility index (Phi) is 10.6. The molecule has 2 heterocycles. The van der Waals surface area contributed by atoms with Crippen LogP contribution < -0.4 is 15.6 Å². The van der Waals surface area contributed by atoms with E-state index < -0.39 is 11.7 Å². The molecule has 0 aliphatic carbocycles. The molecule has 2 aromatic carbocycles. The van der Waals surface area contributed by atoms with Gasteiger partial charge in [-0.3, -0.25) is 19.9 Å². The summed E-state index contributed by atoms with van der Waals surface area (Å²) in [5.74, 6) is 0.722. The van der Waals surface area contributed by atoms with Gasteiger partial charge in [0.05, 0.1) is 37.7 Å². The zero-order chi connectivity index (χ0) is 27.5. The monoisotopic (exact) mass is 548 g/mol. The number of rotatable bonds is 14. The van der Waals surface area contributed by atoms with Crippen LogP contribution in [0.5, 0.6) is 5.75 Å². The van der Waals surface area contributed by atoms with Crippen LogP contribution in [0.15, 0.2) is 53.3 Å². The van der Waals surface area contributed by atoms with E-state index in [2.05, 4.69) is 20.4 Å². The van der Waals surface area contributed by atoms with E-state index in [0.29, 0.717) is 62.7 Å². The Balaban J connectivity index is 1.14. The summed E-state index contributed by atoms with van der Waals surface area (Å²) in [6.45, 7) is 7.84. The second kappa shape index (κ2) is 14.3. The van der Waals surface area contributed by atoms with Gasteiger partial charge in [0, 0.05) is 38.3 Å². The van der Waals surface area contributed by atoms with E-state index in [1.807, 2.05) is 24.3 Å². The van der Waals surface area contributed by atoms with Crippen LogP contribution in [0.3, 0.4) is 0 Å². The van der Waals surface area contributed by atoms with Gasteiger partial charge in [-0.1, -0.05) is 24.3 Å². The minimum Gasteiger partial charge on any atom is -0.491 e. The first-order valence-corrected chi connectivity index (χ1v) is 13.2. The van der Waals surface area contributed by atoms with Gasteiger partial charge in [-0.25, -0.2) is 0 Å². The highest BCUT2D eigenvalue weighted by Crippen LogP contribution is 2.31. The van der Waals surface area contributed by atoms with Gasteiger partial charge in [-0.2, -0.15) is 13.2 Å². The van der Waals surface area contributed by atoms with Gasteiger partial charge in [-0.15, -0.1) is 0 Å². The Bertz CT molecular complexity index is 1190. The van der Waals surface area contributed by atoms with Crippen molar-refractivity contribution >= 4 is 0 Å². The number of nitrogens with zero attached hydrogens (tertiary/aromatic N) is 1. The number of aryl methyl sites for hydroxylation is 1. The molecule has 1 fully saturated rings. The first-order valence-electron chi connectivity index (χ1n) is 13.2. The average molecular weight is 549 g/mol. The zero-order valence-electron chi connectivity index (χ0n) is 21.8. The molecule has 8 nitrogen and oxygen atoms in total. The van der Waals surface area contributed by atoms with E-state index in [0.717, 1.165) is 56.2 Å². The van der Waals surface area contributed by atoms with Crippen molar-refractivity contribution in [3.05, 3.63) is 75.6 Å². The van der Waals surface area contributed by atoms with Gasteiger partial charge >= 0.3 is 6.18 Å². The molecule has 1 aliphatic rings. The van der Waals surface area contributed by atoms with Gasteiger partial charge in [-0.05, 0) is 48.2 Å². The number of aromatic amines is 2. The van der Waals surface area contributed by atoms with Crippen LogP contribution >= 0.6 is 0 Å². The molecule has 0 spiro atoms. The van der Waals surface area contributed by atoms with Crippen molar-refractivity contribution < 1.29 is 27.4 Å². The van der Waals surface area contributed by atoms with Crippen molar-refractivity contribution in [1.29, 1.82) is 0 Å². The number of piperazine rings is 1. The van der Waals surface area contributed by atoms with Gasteiger partial charge in [0.15, 0.2) is 0 Å². The third-order valence-corrected chi connectivity index (χ3v) is 6.59. The van der Waals surface area contributed by atoms with E-state index in [-0.39, 0.29) is 5.56 Å². The average Bonchev–Trinajstić information content (AvgIpc) is 3.31. The maximum Gasteiger partial charge on any atom is 0.416 e. The first kappa shape index (κ1) is 28.9. The van der Waals surface area contributed by atoms with Crippen LogP contribution in [0.4, 0.5) is 13.2 Å². The Morgan fingerprint density at radius 3 is 2.15 bits per heavy atom. The molecule has 0 amide bonds. The van der Waals surface area contributed by atoms with Crippen molar-refractivity contribution in [2.75, 3.05) is 65.8 Å². The molecule has 1 aromatic heterocycles. The Labute approximate surface area is 225 Å². The number of hydrogen-bond donors (Lipinski definition) is 3. The second-order valence-electron chi connectivity index (χ2n) is 9.32. The summed E-state index contributed by atoms with van der Waals surface area (Å²) in [6.07, 6.45) is -3.39. The van der Waals surface area contributed by atoms with Crippen LogP contribution in [-0.2, 0) is 28.5 Å². The minimum atomic E-state index is -4.41. The van der Waals surface area contributed by atoms with Crippen molar-refractivity contribution in [3.8, 4) is 17.0 Å². The molecule has 0 saturated carbocycles. The molecule has 3 N–H and O–H groups in total. The predicted octanol–water partition coefficient (Wildman–Crippen LogP) is 3.49. The lowest BCUT2D eigenvalue weighted by Gasteiger charge is -2.26. The van der Waals surface area contributed by atoms with Crippen LogP contribution in [-0.4, -0.2) is 80.9 Å². The third kappa shape index (κ3) is 8.96. The molecule has 39 heavy (non-hydrogen) atoms. The maximum atomic E-state index is 12.9. The predicted molar refractivity (Wildman–Crippen MR) is 142 cm³/mol. The highest BCUT2D eigenvalue weighted by Gasteiger charge is 2.30. The van der Waals surface area contributed by atoms with Crippen LogP contribution in [0.1, 0.15) is 16.7 Å². The minimum absolute atomic E-state index is 0.283. The van der Waals surface area contributed by atoms with Crippen LogP contribution in [0, 0.1) is 0 Å². The molecule has 0 unspecified atom stereocenters. The van der Waals surface area contributed by atoms with Gasteiger partial charge in [0.25, 0.3) is 5.56 Å². The van der Waals surface area contributed by atoms with E-state index in [1.54, 1.807) is 0 Å². The molecular formula is C28H35F3N4O4. The molecule has 1 saturated heterocycles. The Morgan fingerprint density at radius 1 is 0.795 bits per heavy atom. The smallest absolute Gasteiger partial charge is 0.416 e. The molecule has 3 aromatic rings. The molecule has 0 atom stereocenters. The number of benzene rings is 2. The standard InChI is InChI=1S/C28H35F3N4O4/c29-28(30,31)23-6-4-22(5-7-23)26-25(27(36)34-33-26)10-3-21-1-8-24(9-2-21)39-20-19-38-18-17-37-16-15-35-13-11-32-12-14-35/h1-2,4-9,32H,3,10-20H2,(H2,33,34,36). The van der Waals surface area contributed by atoms with E-state index >= 15 is 0 Å². The lowest BCUT2D eigenvalue weighted by molar-refractivity contribution is -0.137. The van der Waals surface area contributed by atoms with Crippen molar-refractivity contribution in [3.63, 3.8) is 0 Å². The van der Waals surface area contributed by atoms with Crippen molar-refractivity contribution in [2.45, 2.75) is 19.0 Å². The summed E-state index contributed by atoms with van der Waals surface area (Å²) in [5.41, 5.74) is 1.51. The number of nitrogens with one attached hydrogen (secondary N) is 3. The summed E-state index contributed by atoms with van der Waals surface area (Å²) in [5, 5.41) is 8.67. The van der Waals surface area contributed by atoms with Gasteiger partial charge < -0.3 is 19.5 Å². The summed E-state index contributed by atoms with van der Waals surface area (Å²) < 4.78 is 55.5. The topological polar surface area (TPSA) is 91.6 Å². The molecule has 0 bridgehead atoms. The quantitative estimate of drug-likeness (QED) is 0.267.